The summed E-state index contributed by atoms with van der Waals surface area (Å²) < 4.78 is 53.0. The lowest BCUT2D eigenvalue weighted by atomic mass is 9.85. The van der Waals surface area contributed by atoms with Gasteiger partial charge >= 0.3 is 22.0 Å². The Bertz CT molecular complexity index is 1530. The number of hydrogen-bond donors (Lipinski definition) is 10. The molecule has 5 unspecified atom stereocenters. The zero-order valence-corrected chi connectivity index (χ0v) is 45.0. The molecule has 3 aliphatic heterocycles. The highest BCUT2D eigenvalue weighted by Gasteiger charge is 2.38. The minimum atomic E-state index is -1.03. The van der Waals surface area contributed by atoms with Crippen molar-refractivity contribution in [1.29, 1.82) is 0 Å². The van der Waals surface area contributed by atoms with E-state index in [2.05, 4.69) is 47.7 Å². The molecule has 0 aromatic heterocycles. The van der Waals surface area contributed by atoms with Crippen LogP contribution in [0.3, 0.4) is 0 Å². The van der Waals surface area contributed by atoms with E-state index in [1.807, 2.05) is 21.9 Å². The highest BCUT2D eigenvalue weighted by Crippen LogP contribution is 2.32. The molecule has 25 heteroatoms. The molecule has 3 saturated heterocycles. The molecule has 22 nitrogen and oxygen atoms in total. The summed E-state index contributed by atoms with van der Waals surface area (Å²) in [5, 5.41) is 84.5. The maximum atomic E-state index is 12.6. The van der Waals surface area contributed by atoms with Gasteiger partial charge in [0.05, 0.1) is 38.6 Å². The summed E-state index contributed by atoms with van der Waals surface area (Å²) in [7, 11) is -2.58. The van der Waals surface area contributed by atoms with Crippen LogP contribution in [-0.2, 0) is 53.7 Å². The molecule has 74 heavy (non-hydrogen) atoms. The molecular formula is C49H95B3N6O16. The van der Waals surface area contributed by atoms with Gasteiger partial charge in [0.1, 0.15) is 5.75 Å². The van der Waals surface area contributed by atoms with E-state index in [0.29, 0.717) is 117 Å². The molecular weight excluding hydrogens is 961 g/mol. The highest BCUT2D eigenvalue weighted by atomic mass is 16.7. The van der Waals surface area contributed by atoms with Crippen molar-refractivity contribution >= 4 is 22.0 Å². The Labute approximate surface area is 442 Å². The maximum absolute atomic E-state index is 12.6. The van der Waals surface area contributed by atoms with Crippen molar-refractivity contribution in [2.75, 3.05) is 164 Å². The van der Waals surface area contributed by atoms with E-state index >= 15 is 0 Å². The molecule has 1 aromatic rings. The van der Waals surface area contributed by atoms with Gasteiger partial charge in [0.15, 0.2) is 0 Å². The smallest absolute Gasteiger partial charge is 0.508 e. The average Bonchev–Trinajstić information content (AvgIpc) is 3.34. The number of nitrogens with one attached hydrogen (secondary N) is 3. The van der Waals surface area contributed by atoms with E-state index in [4.69, 9.17) is 52.1 Å². The van der Waals surface area contributed by atoms with Gasteiger partial charge in [-0.15, -0.1) is 0 Å². The number of aryl methyl sites for hydroxylation is 1. The minimum absolute atomic E-state index is 0.0282. The van der Waals surface area contributed by atoms with Crippen molar-refractivity contribution in [2.24, 2.45) is 0 Å². The summed E-state index contributed by atoms with van der Waals surface area (Å²) >= 11 is 0. The first kappa shape index (κ1) is 64.9. The predicted molar refractivity (Wildman–Crippen MR) is 283 cm³/mol. The van der Waals surface area contributed by atoms with Crippen molar-refractivity contribution in [3.8, 4) is 5.75 Å². The molecule has 10 N–H and O–H groups in total. The summed E-state index contributed by atoms with van der Waals surface area (Å²) in [5.74, 6) is 0.342. The van der Waals surface area contributed by atoms with Crippen LogP contribution in [0.5, 0.6) is 5.75 Å². The lowest BCUT2D eigenvalue weighted by Gasteiger charge is -2.43. The molecule has 0 amide bonds. The van der Waals surface area contributed by atoms with Crippen LogP contribution in [-0.4, -0.2) is 267 Å². The minimum Gasteiger partial charge on any atom is -0.508 e. The van der Waals surface area contributed by atoms with Crippen LogP contribution in [0, 0.1) is 0 Å². The predicted octanol–water partition coefficient (Wildman–Crippen LogP) is -1.03. The molecule has 426 valence electrons. The zero-order chi connectivity index (χ0) is 53.2. The largest absolute Gasteiger partial charge is 0.639 e. The van der Waals surface area contributed by atoms with Crippen molar-refractivity contribution in [3.05, 3.63) is 29.3 Å². The number of aliphatic hydroxyl groups is 6. The second-order valence-corrected chi connectivity index (χ2v) is 20.2. The third-order valence-electron chi connectivity index (χ3n) is 13.6. The number of hydrogen-bond acceptors (Lipinski definition) is 22. The van der Waals surface area contributed by atoms with E-state index in [1.54, 1.807) is 0 Å². The molecule has 0 spiro atoms. The molecule has 0 radical (unpaired) electrons. The van der Waals surface area contributed by atoms with Crippen molar-refractivity contribution in [3.63, 3.8) is 0 Å². The number of aromatic hydroxyl groups is 1. The Morgan fingerprint density at radius 2 is 1.19 bits per heavy atom. The van der Waals surface area contributed by atoms with Crippen LogP contribution < -0.4 is 16.0 Å². The second-order valence-electron chi connectivity index (χ2n) is 20.2. The van der Waals surface area contributed by atoms with E-state index in [1.165, 1.54) is 0 Å². The van der Waals surface area contributed by atoms with Gasteiger partial charge in [-0.05, 0) is 54.7 Å². The van der Waals surface area contributed by atoms with Crippen molar-refractivity contribution in [1.82, 2.24) is 30.7 Å². The molecule has 1 aromatic carbocycles. The molecule has 0 saturated carbocycles. The first-order valence-corrected chi connectivity index (χ1v) is 27.5. The molecule has 3 aliphatic rings. The fourth-order valence-electron chi connectivity index (χ4n) is 9.59. The number of phenolic OH excluding ortho intramolecular Hbond substituents is 1. The summed E-state index contributed by atoms with van der Waals surface area (Å²) in [4.78, 5) is 6.21. The van der Waals surface area contributed by atoms with Gasteiger partial charge in [-0.25, -0.2) is 0 Å². The van der Waals surface area contributed by atoms with Gasteiger partial charge in [-0.1, -0.05) is 58.6 Å². The lowest BCUT2D eigenvalue weighted by Crippen LogP contribution is -2.56. The Hall–Kier alpha value is -1.63. The molecule has 3 heterocycles. The van der Waals surface area contributed by atoms with E-state index in [0.717, 1.165) is 49.7 Å². The summed E-state index contributed by atoms with van der Waals surface area (Å²) in [6, 6.07) is 4.47. The van der Waals surface area contributed by atoms with Gasteiger partial charge in [0.2, 0.25) is 0 Å². The van der Waals surface area contributed by atoms with Gasteiger partial charge in [0, 0.05) is 156 Å². The molecule has 0 bridgehead atoms. The quantitative estimate of drug-likeness (QED) is 0.0284. The number of rotatable bonds is 36. The van der Waals surface area contributed by atoms with Crippen LogP contribution in [0.2, 0.25) is 0 Å². The monoisotopic (exact) mass is 1060 g/mol. The molecule has 0 aliphatic carbocycles. The number of aliphatic hydroxyl groups excluding tert-OH is 6. The van der Waals surface area contributed by atoms with Gasteiger partial charge in [0.25, 0.3) is 0 Å². The van der Waals surface area contributed by atoms with E-state index < -0.39 is 52.3 Å². The van der Waals surface area contributed by atoms with E-state index in [-0.39, 0.29) is 77.8 Å². The first-order valence-electron chi connectivity index (χ1n) is 27.5. The Balaban J connectivity index is 1.49. The fourth-order valence-corrected chi connectivity index (χ4v) is 9.59. The van der Waals surface area contributed by atoms with Crippen LogP contribution >= 0.6 is 0 Å². The Morgan fingerprint density at radius 3 is 1.73 bits per heavy atom. The van der Waals surface area contributed by atoms with E-state index in [9.17, 15) is 25.5 Å². The first-order chi connectivity index (χ1) is 36.0. The Morgan fingerprint density at radius 1 is 0.649 bits per heavy atom. The number of phenols is 1. The highest BCUT2D eigenvalue weighted by molar-refractivity contribution is 6.37. The SMILES string of the molecule is CC(C)(C)c1ccc(CCCCCCCC(O)C(CC(C(O)CC(CO)N2CCOB(OCCNCCO)OCC2)N(CCO)CCOB2OCCNCCO2)N2CCOB(OCCNCCO)OCC2)cc1O. The Kier molecular flexibility index (Phi) is 34.1. The van der Waals surface area contributed by atoms with Crippen molar-refractivity contribution in [2.45, 2.75) is 114 Å². The molecule has 4 rings (SSSR count). The van der Waals surface area contributed by atoms with Gasteiger partial charge < -0.3 is 93.6 Å². The average molecular weight is 1060 g/mol. The third kappa shape index (κ3) is 25.9. The molecule has 5 atom stereocenters. The summed E-state index contributed by atoms with van der Waals surface area (Å²) in [6.07, 6.45) is 4.75. The lowest BCUT2D eigenvalue weighted by molar-refractivity contribution is -0.0467. The zero-order valence-electron chi connectivity index (χ0n) is 45.0. The number of unbranched alkanes of at least 4 members (excludes halogenated alkanes) is 4. The number of benzene rings is 1. The fraction of sp³-hybridized carbons (Fsp3) is 0.878. The maximum Gasteiger partial charge on any atom is 0.639 e. The van der Waals surface area contributed by atoms with Crippen LogP contribution in [0.15, 0.2) is 18.2 Å². The number of nitrogens with zero attached hydrogens (tertiary/aromatic N) is 3. The van der Waals surface area contributed by atoms with Crippen molar-refractivity contribution < 1.29 is 77.6 Å². The summed E-state index contributed by atoms with van der Waals surface area (Å²) in [6.45, 7) is 14.2. The molecule has 3 fully saturated rings. The van der Waals surface area contributed by atoms with Crippen LogP contribution in [0.4, 0.5) is 0 Å². The standard InChI is InChI=1S/C49H95B3N6O16/c1-49(2,3)43-12-11-41(37-47(43)64)9-7-5-4-6-8-10-46(63)44(58-23-35-73-52(74-36-24-58)69-29-16-54-14-26-60)39-45(57(19-27-61)22-34-72-50-66-30-17-55-18-31-67-50)48(65)38-42(40-62)56-20-32-70-51(71-33-21-56)68-28-15-53-13-25-59/h11-12,37,42,44-46,48,53-55,59-65H,4-10,13-36,38-40H2,1-3H3. The van der Waals surface area contributed by atoms with Crippen LogP contribution in [0.25, 0.3) is 0 Å². The topological polar surface area (TPSA) is 270 Å². The van der Waals surface area contributed by atoms with Gasteiger partial charge in [-0.2, -0.15) is 0 Å². The second kappa shape index (κ2) is 38.9. The van der Waals surface area contributed by atoms with Gasteiger partial charge in [-0.3, -0.25) is 14.7 Å². The summed E-state index contributed by atoms with van der Waals surface area (Å²) in [5.41, 5.74) is 1.93. The van der Waals surface area contributed by atoms with Crippen LogP contribution in [0.1, 0.15) is 83.3 Å². The normalized spacial score (nSPS) is 19.6. The third-order valence-corrected chi connectivity index (χ3v) is 13.6.